The van der Waals surface area contributed by atoms with Crippen molar-refractivity contribution in [3.05, 3.63) is 59.7 Å². The minimum absolute atomic E-state index is 0.0461. The number of hydrogen-bond donors (Lipinski definition) is 2. The summed E-state index contributed by atoms with van der Waals surface area (Å²) in [5.41, 5.74) is 3.31. The lowest BCUT2D eigenvalue weighted by atomic mass is 10.1. The SMILES string of the molecule is CCc1ccccc1NC(=O)CCNCCc1cccc(OC)c1. The molecule has 0 saturated heterocycles. The molecule has 128 valence electrons. The van der Waals surface area contributed by atoms with E-state index in [-0.39, 0.29) is 5.91 Å². The third kappa shape index (κ3) is 5.70. The van der Waals surface area contributed by atoms with E-state index in [0.29, 0.717) is 13.0 Å². The molecule has 2 rings (SSSR count). The first kappa shape index (κ1) is 18.0. The highest BCUT2D eigenvalue weighted by Crippen LogP contribution is 2.15. The fourth-order valence-electron chi connectivity index (χ4n) is 2.55. The van der Waals surface area contributed by atoms with Crippen LogP contribution in [0.1, 0.15) is 24.5 Å². The maximum Gasteiger partial charge on any atom is 0.225 e. The van der Waals surface area contributed by atoms with Gasteiger partial charge in [0.15, 0.2) is 0 Å². The molecule has 0 heterocycles. The highest BCUT2D eigenvalue weighted by atomic mass is 16.5. The summed E-state index contributed by atoms with van der Waals surface area (Å²) in [5, 5.41) is 6.30. The predicted molar refractivity (Wildman–Crippen MR) is 98.6 cm³/mol. The van der Waals surface area contributed by atoms with Crippen molar-refractivity contribution in [1.82, 2.24) is 5.32 Å². The minimum Gasteiger partial charge on any atom is -0.497 e. The first-order chi connectivity index (χ1) is 11.7. The maximum atomic E-state index is 12.0. The Morgan fingerprint density at radius 2 is 1.92 bits per heavy atom. The second kappa shape index (κ2) is 9.73. The number of anilines is 1. The van der Waals surface area contributed by atoms with Gasteiger partial charge in [-0.15, -0.1) is 0 Å². The molecule has 0 aliphatic heterocycles. The Morgan fingerprint density at radius 3 is 2.71 bits per heavy atom. The van der Waals surface area contributed by atoms with E-state index in [9.17, 15) is 4.79 Å². The number of nitrogens with one attached hydrogen (secondary N) is 2. The normalized spacial score (nSPS) is 10.4. The first-order valence-electron chi connectivity index (χ1n) is 8.44. The lowest BCUT2D eigenvalue weighted by molar-refractivity contribution is -0.116. The Kier molecular flexibility index (Phi) is 7.30. The molecule has 0 fully saturated rings. The Hall–Kier alpha value is -2.33. The van der Waals surface area contributed by atoms with Gasteiger partial charge >= 0.3 is 0 Å². The van der Waals surface area contributed by atoms with E-state index in [2.05, 4.69) is 23.6 Å². The lowest BCUT2D eigenvalue weighted by Gasteiger charge is -2.10. The predicted octanol–water partition coefficient (Wildman–Crippen LogP) is 3.42. The number of carbonyl (C=O) groups is 1. The average Bonchev–Trinajstić information content (AvgIpc) is 2.62. The second-order valence-electron chi connectivity index (χ2n) is 5.66. The molecule has 2 N–H and O–H groups in total. The highest BCUT2D eigenvalue weighted by Gasteiger charge is 2.05. The highest BCUT2D eigenvalue weighted by molar-refractivity contribution is 5.91. The van der Waals surface area contributed by atoms with Crippen LogP contribution < -0.4 is 15.4 Å². The molecule has 0 aliphatic rings. The van der Waals surface area contributed by atoms with Crippen LogP contribution >= 0.6 is 0 Å². The zero-order chi connectivity index (χ0) is 17.2. The van der Waals surface area contributed by atoms with Crippen LogP contribution in [0.25, 0.3) is 0 Å². The van der Waals surface area contributed by atoms with E-state index < -0.39 is 0 Å². The molecule has 0 bridgehead atoms. The van der Waals surface area contributed by atoms with E-state index in [1.807, 2.05) is 42.5 Å². The van der Waals surface area contributed by atoms with Gasteiger partial charge in [0.2, 0.25) is 5.91 Å². The topological polar surface area (TPSA) is 50.4 Å². The Labute approximate surface area is 144 Å². The van der Waals surface area contributed by atoms with E-state index in [0.717, 1.165) is 36.4 Å². The van der Waals surface area contributed by atoms with Crippen LogP contribution in [0.2, 0.25) is 0 Å². The molecule has 2 aromatic rings. The standard InChI is InChI=1S/C20H26N2O2/c1-3-17-8-4-5-10-19(17)22-20(23)12-14-21-13-11-16-7-6-9-18(15-16)24-2/h4-10,15,21H,3,11-14H2,1-2H3,(H,22,23). The number of rotatable bonds is 9. The van der Waals surface area contributed by atoms with Gasteiger partial charge in [0, 0.05) is 18.7 Å². The average molecular weight is 326 g/mol. The molecule has 1 amide bonds. The molecule has 0 aliphatic carbocycles. The van der Waals surface area contributed by atoms with Crippen molar-refractivity contribution >= 4 is 11.6 Å². The number of para-hydroxylation sites is 1. The fourth-order valence-corrected chi connectivity index (χ4v) is 2.55. The van der Waals surface area contributed by atoms with Gasteiger partial charge in [-0.05, 0) is 48.7 Å². The van der Waals surface area contributed by atoms with Gasteiger partial charge in [0.1, 0.15) is 5.75 Å². The van der Waals surface area contributed by atoms with Crippen molar-refractivity contribution in [2.45, 2.75) is 26.2 Å². The van der Waals surface area contributed by atoms with Crippen molar-refractivity contribution in [3.8, 4) is 5.75 Å². The fraction of sp³-hybridized carbons (Fsp3) is 0.350. The number of carbonyl (C=O) groups excluding carboxylic acids is 1. The third-order valence-electron chi connectivity index (χ3n) is 3.93. The van der Waals surface area contributed by atoms with Gasteiger partial charge in [0.25, 0.3) is 0 Å². The lowest BCUT2D eigenvalue weighted by Crippen LogP contribution is -2.23. The summed E-state index contributed by atoms with van der Waals surface area (Å²) in [6.07, 6.45) is 2.29. The first-order valence-corrected chi connectivity index (χ1v) is 8.44. The summed E-state index contributed by atoms with van der Waals surface area (Å²) < 4.78 is 5.22. The zero-order valence-corrected chi connectivity index (χ0v) is 14.5. The molecule has 2 aromatic carbocycles. The van der Waals surface area contributed by atoms with Crippen LogP contribution in [0, 0.1) is 0 Å². The van der Waals surface area contributed by atoms with Crippen molar-refractivity contribution in [2.75, 3.05) is 25.5 Å². The Balaban J connectivity index is 1.67. The molecule has 0 saturated carbocycles. The number of aryl methyl sites for hydroxylation is 1. The molecule has 0 aromatic heterocycles. The largest absolute Gasteiger partial charge is 0.497 e. The summed E-state index contributed by atoms with van der Waals surface area (Å²) in [6, 6.07) is 16.0. The van der Waals surface area contributed by atoms with Crippen molar-refractivity contribution < 1.29 is 9.53 Å². The molecule has 4 nitrogen and oxygen atoms in total. The summed E-state index contributed by atoms with van der Waals surface area (Å²) in [6.45, 7) is 3.60. The number of methoxy groups -OCH3 is 1. The third-order valence-corrected chi connectivity index (χ3v) is 3.93. The number of benzene rings is 2. The summed E-state index contributed by atoms with van der Waals surface area (Å²) in [7, 11) is 1.67. The maximum absolute atomic E-state index is 12.0. The molecule has 24 heavy (non-hydrogen) atoms. The molecule has 0 atom stereocenters. The molecular formula is C20H26N2O2. The van der Waals surface area contributed by atoms with Crippen molar-refractivity contribution in [2.24, 2.45) is 0 Å². The molecule has 4 heteroatoms. The van der Waals surface area contributed by atoms with Crippen LogP contribution in [0.15, 0.2) is 48.5 Å². The molecule has 0 unspecified atom stereocenters. The van der Waals surface area contributed by atoms with Gasteiger partial charge in [-0.25, -0.2) is 0 Å². The quantitative estimate of drug-likeness (QED) is 0.694. The molecular weight excluding hydrogens is 300 g/mol. The Morgan fingerprint density at radius 1 is 1.08 bits per heavy atom. The van der Waals surface area contributed by atoms with Crippen LogP contribution in [0.4, 0.5) is 5.69 Å². The van der Waals surface area contributed by atoms with Gasteiger partial charge < -0.3 is 15.4 Å². The monoisotopic (exact) mass is 326 g/mol. The van der Waals surface area contributed by atoms with Gasteiger partial charge in [-0.1, -0.05) is 37.3 Å². The van der Waals surface area contributed by atoms with Gasteiger partial charge in [-0.2, -0.15) is 0 Å². The van der Waals surface area contributed by atoms with Crippen LogP contribution in [-0.4, -0.2) is 26.1 Å². The van der Waals surface area contributed by atoms with Crippen LogP contribution in [0.5, 0.6) is 5.75 Å². The van der Waals surface area contributed by atoms with E-state index >= 15 is 0 Å². The Bertz CT molecular complexity index is 656. The summed E-state index contributed by atoms with van der Waals surface area (Å²) >= 11 is 0. The number of amides is 1. The molecule has 0 spiro atoms. The van der Waals surface area contributed by atoms with E-state index in [1.54, 1.807) is 7.11 Å². The van der Waals surface area contributed by atoms with Crippen molar-refractivity contribution in [3.63, 3.8) is 0 Å². The van der Waals surface area contributed by atoms with Crippen molar-refractivity contribution in [1.29, 1.82) is 0 Å². The van der Waals surface area contributed by atoms with Gasteiger partial charge in [0.05, 0.1) is 7.11 Å². The van der Waals surface area contributed by atoms with Gasteiger partial charge in [-0.3, -0.25) is 4.79 Å². The summed E-state index contributed by atoms with van der Waals surface area (Å²) in [4.78, 5) is 12.0. The molecule has 0 radical (unpaired) electrons. The summed E-state index contributed by atoms with van der Waals surface area (Å²) in [5.74, 6) is 0.922. The smallest absolute Gasteiger partial charge is 0.225 e. The van der Waals surface area contributed by atoms with Crippen LogP contribution in [0.3, 0.4) is 0 Å². The van der Waals surface area contributed by atoms with Crippen LogP contribution in [-0.2, 0) is 17.6 Å². The van der Waals surface area contributed by atoms with E-state index in [1.165, 1.54) is 5.56 Å². The second-order valence-corrected chi connectivity index (χ2v) is 5.66. The number of ether oxygens (including phenoxy) is 1. The van der Waals surface area contributed by atoms with E-state index in [4.69, 9.17) is 4.74 Å². The zero-order valence-electron chi connectivity index (χ0n) is 14.5. The number of hydrogen-bond acceptors (Lipinski definition) is 3. The minimum atomic E-state index is 0.0461.